The summed E-state index contributed by atoms with van der Waals surface area (Å²) in [6.45, 7) is 4.57. The molecule has 1 saturated heterocycles. The van der Waals surface area contributed by atoms with E-state index in [1.165, 1.54) is 12.1 Å². The van der Waals surface area contributed by atoms with Crippen LogP contribution in [0.25, 0.3) is 0 Å². The Bertz CT molecular complexity index is 819. The van der Waals surface area contributed by atoms with Gasteiger partial charge in [-0.05, 0) is 30.5 Å². The first-order valence-corrected chi connectivity index (χ1v) is 9.79. The second kappa shape index (κ2) is 9.15. The summed E-state index contributed by atoms with van der Waals surface area (Å²) in [5, 5.41) is 0. The standard InChI is InChI=1S/C22H27F2N3O/c1-2-21(18-9-8-17(23)15-19(18)24)26-11-13-27(14-12-26)22(28)10-7-16-5-3-4-6-20(16)25/h3-6,8-9,15,21H,2,7,10-14,25H2,1H3. The van der Waals surface area contributed by atoms with Gasteiger partial charge < -0.3 is 10.6 Å². The Labute approximate surface area is 164 Å². The first-order chi connectivity index (χ1) is 13.5. The van der Waals surface area contributed by atoms with E-state index < -0.39 is 11.6 Å². The lowest BCUT2D eigenvalue weighted by molar-refractivity contribution is -0.133. The molecule has 0 aromatic heterocycles. The van der Waals surface area contributed by atoms with Crippen molar-refractivity contribution in [2.45, 2.75) is 32.2 Å². The van der Waals surface area contributed by atoms with Gasteiger partial charge >= 0.3 is 0 Å². The van der Waals surface area contributed by atoms with Gasteiger partial charge in [-0.1, -0.05) is 31.2 Å². The number of nitrogens with zero attached hydrogens (tertiary/aromatic N) is 2. The fourth-order valence-corrected chi connectivity index (χ4v) is 3.89. The number of amides is 1. The maximum atomic E-state index is 14.2. The molecule has 0 saturated carbocycles. The predicted octanol–water partition coefficient (Wildman–Crippen LogP) is 3.78. The Morgan fingerprint density at radius 3 is 2.46 bits per heavy atom. The third kappa shape index (κ3) is 4.68. The highest BCUT2D eigenvalue weighted by Crippen LogP contribution is 2.28. The van der Waals surface area contributed by atoms with Crippen molar-refractivity contribution in [2.24, 2.45) is 0 Å². The number of para-hydroxylation sites is 1. The zero-order chi connectivity index (χ0) is 20.1. The van der Waals surface area contributed by atoms with Crippen molar-refractivity contribution in [3.8, 4) is 0 Å². The number of nitrogens with two attached hydrogens (primary N) is 1. The maximum absolute atomic E-state index is 14.2. The molecule has 3 rings (SSSR count). The molecule has 0 aliphatic carbocycles. The summed E-state index contributed by atoms with van der Waals surface area (Å²) in [5.74, 6) is -0.958. The Balaban J connectivity index is 1.55. The highest BCUT2D eigenvalue weighted by atomic mass is 19.1. The number of aryl methyl sites for hydroxylation is 1. The third-order valence-corrected chi connectivity index (χ3v) is 5.48. The van der Waals surface area contributed by atoms with Crippen LogP contribution >= 0.6 is 0 Å². The van der Waals surface area contributed by atoms with Crippen LogP contribution in [0, 0.1) is 11.6 Å². The largest absolute Gasteiger partial charge is 0.399 e. The van der Waals surface area contributed by atoms with Gasteiger partial charge in [0.1, 0.15) is 11.6 Å². The summed E-state index contributed by atoms with van der Waals surface area (Å²) in [7, 11) is 0. The van der Waals surface area contributed by atoms with Crippen molar-refractivity contribution in [2.75, 3.05) is 31.9 Å². The van der Waals surface area contributed by atoms with E-state index in [1.807, 2.05) is 36.1 Å². The SMILES string of the molecule is CCC(c1ccc(F)cc1F)N1CCN(C(=O)CCc2ccccc2N)CC1. The lowest BCUT2D eigenvalue weighted by Gasteiger charge is -2.39. The van der Waals surface area contributed by atoms with E-state index >= 15 is 0 Å². The van der Waals surface area contributed by atoms with E-state index in [9.17, 15) is 13.6 Å². The lowest BCUT2D eigenvalue weighted by Crippen LogP contribution is -2.49. The molecule has 1 unspecified atom stereocenters. The molecule has 150 valence electrons. The Hall–Kier alpha value is -2.47. The molecular formula is C22H27F2N3O. The fourth-order valence-electron chi connectivity index (χ4n) is 3.89. The third-order valence-electron chi connectivity index (χ3n) is 5.48. The van der Waals surface area contributed by atoms with Gasteiger partial charge in [0, 0.05) is 56.0 Å². The first-order valence-electron chi connectivity index (χ1n) is 9.79. The van der Waals surface area contributed by atoms with Crippen molar-refractivity contribution in [3.63, 3.8) is 0 Å². The highest BCUT2D eigenvalue weighted by molar-refractivity contribution is 5.76. The minimum atomic E-state index is -0.564. The average Bonchev–Trinajstić information content (AvgIpc) is 2.70. The number of carbonyl (C=O) groups is 1. The molecule has 2 aromatic rings. The van der Waals surface area contributed by atoms with Gasteiger partial charge in [-0.25, -0.2) is 8.78 Å². The lowest BCUT2D eigenvalue weighted by atomic mass is 10.0. The van der Waals surface area contributed by atoms with Gasteiger partial charge in [-0.2, -0.15) is 0 Å². The van der Waals surface area contributed by atoms with E-state index in [4.69, 9.17) is 5.73 Å². The molecule has 1 heterocycles. The van der Waals surface area contributed by atoms with E-state index in [0.717, 1.165) is 18.1 Å². The molecule has 1 atom stereocenters. The van der Waals surface area contributed by atoms with Gasteiger partial charge in [-0.15, -0.1) is 0 Å². The normalized spacial score (nSPS) is 16.2. The van der Waals surface area contributed by atoms with Crippen LogP contribution in [-0.4, -0.2) is 41.9 Å². The number of hydrogen-bond donors (Lipinski definition) is 1. The van der Waals surface area contributed by atoms with Crippen molar-refractivity contribution in [1.82, 2.24) is 9.80 Å². The summed E-state index contributed by atoms with van der Waals surface area (Å²) in [6.07, 6.45) is 1.78. The van der Waals surface area contributed by atoms with Gasteiger partial charge in [0.15, 0.2) is 0 Å². The van der Waals surface area contributed by atoms with Crippen LogP contribution in [-0.2, 0) is 11.2 Å². The van der Waals surface area contributed by atoms with Crippen LogP contribution in [0.2, 0.25) is 0 Å². The second-order valence-electron chi connectivity index (χ2n) is 7.21. The summed E-state index contributed by atoms with van der Waals surface area (Å²) in [4.78, 5) is 16.6. The number of benzene rings is 2. The van der Waals surface area contributed by atoms with Crippen molar-refractivity contribution in [1.29, 1.82) is 0 Å². The molecule has 0 radical (unpaired) electrons. The Morgan fingerprint density at radius 1 is 1.11 bits per heavy atom. The molecule has 0 spiro atoms. The maximum Gasteiger partial charge on any atom is 0.222 e. The van der Waals surface area contributed by atoms with Gasteiger partial charge in [0.2, 0.25) is 5.91 Å². The summed E-state index contributed by atoms with van der Waals surface area (Å²) in [6, 6.07) is 11.3. The average molecular weight is 387 g/mol. The first kappa shape index (κ1) is 20.3. The number of anilines is 1. The van der Waals surface area contributed by atoms with Crippen LogP contribution < -0.4 is 5.73 Å². The van der Waals surface area contributed by atoms with Crippen molar-refractivity contribution in [3.05, 3.63) is 65.2 Å². The van der Waals surface area contributed by atoms with Gasteiger partial charge in [-0.3, -0.25) is 9.69 Å². The van der Waals surface area contributed by atoms with Crippen LogP contribution in [0.5, 0.6) is 0 Å². The number of nitrogen functional groups attached to an aromatic ring is 1. The molecule has 2 N–H and O–H groups in total. The number of hydrogen-bond acceptors (Lipinski definition) is 3. The predicted molar refractivity (Wildman–Crippen MR) is 107 cm³/mol. The number of halogens is 2. The van der Waals surface area contributed by atoms with E-state index in [0.29, 0.717) is 50.3 Å². The highest BCUT2D eigenvalue weighted by Gasteiger charge is 2.27. The quantitative estimate of drug-likeness (QED) is 0.768. The number of piperazine rings is 1. The summed E-state index contributed by atoms with van der Waals surface area (Å²) in [5.41, 5.74) is 8.17. The smallest absolute Gasteiger partial charge is 0.222 e. The van der Waals surface area contributed by atoms with E-state index in [1.54, 1.807) is 0 Å². The van der Waals surface area contributed by atoms with Crippen LogP contribution in [0.3, 0.4) is 0 Å². The molecule has 2 aromatic carbocycles. The Kier molecular flexibility index (Phi) is 6.62. The molecule has 0 bridgehead atoms. The van der Waals surface area contributed by atoms with Crippen LogP contribution in [0.1, 0.15) is 36.9 Å². The van der Waals surface area contributed by atoms with Crippen LogP contribution in [0.15, 0.2) is 42.5 Å². The van der Waals surface area contributed by atoms with Gasteiger partial charge in [0.25, 0.3) is 0 Å². The molecule has 28 heavy (non-hydrogen) atoms. The van der Waals surface area contributed by atoms with E-state index in [2.05, 4.69) is 4.90 Å². The molecule has 1 aliphatic rings. The van der Waals surface area contributed by atoms with Crippen molar-refractivity contribution >= 4 is 11.6 Å². The Morgan fingerprint density at radius 2 is 1.82 bits per heavy atom. The minimum Gasteiger partial charge on any atom is -0.399 e. The summed E-state index contributed by atoms with van der Waals surface area (Å²) < 4.78 is 27.4. The molecule has 6 heteroatoms. The molecule has 1 amide bonds. The molecule has 1 aliphatic heterocycles. The monoisotopic (exact) mass is 387 g/mol. The fraction of sp³-hybridized carbons (Fsp3) is 0.409. The number of carbonyl (C=O) groups excluding carboxylic acids is 1. The van der Waals surface area contributed by atoms with Crippen molar-refractivity contribution < 1.29 is 13.6 Å². The molecular weight excluding hydrogens is 360 g/mol. The molecule has 1 fully saturated rings. The minimum absolute atomic E-state index is 0.109. The second-order valence-corrected chi connectivity index (χ2v) is 7.21. The van der Waals surface area contributed by atoms with Crippen LogP contribution in [0.4, 0.5) is 14.5 Å². The topological polar surface area (TPSA) is 49.6 Å². The number of rotatable bonds is 6. The zero-order valence-corrected chi connectivity index (χ0v) is 16.2. The van der Waals surface area contributed by atoms with E-state index in [-0.39, 0.29) is 11.9 Å². The summed E-state index contributed by atoms with van der Waals surface area (Å²) >= 11 is 0. The zero-order valence-electron chi connectivity index (χ0n) is 16.2. The van der Waals surface area contributed by atoms with Gasteiger partial charge in [0.05, 0.1) is 0 Å². The molecule has 4 nitrogen and oxygen atoms in total.